The Morgan fingerprint density at radius 2 is 2.04 bits per heavy atom. The van der Waals surface area contributed by atoms with E-state index in [-0.39, 0.29) is 11.8 Å². The summed E-state index contributed by atoms with van der Waals surface area (Å²) in [5.41, 5.74) is 2.15. The number of benzene rings is 1. The van der Waals surface area contributed by atoms with Crippen molar-refractivity contribution in [3.8, 4) is 5.69 Å². The van der Waals surface area contributed by atoms with Crippen LogP contribution in [0.4, 0.5) is 0 Å². The molecule has 26 heavy (non-hydrogen) atoms. The third kappa shape index (κ3) is 4.29. The van der Waals surface area contributed by atoms with Crippen LogP contribution in [0.5, 0.6) is 0 Å². The summed E-state index contributed by atoms with van der Waals surface area (Å²) in [6, 6.07) is 9.49. The van der Waals surface area contributed by atoms with Gasteiger partial charge in [-0.25, -0.2) is 4.68 Å². The van der Waals surface area contributed by atoms with Crippen LogP contribution in [0, 0.1) is 5.92 Å². The highest BCUT2D eigenvalue weighted by molar-refractivity contribution is 5.80. The maximum Gasteiger partial charge on any atom is 0.320 e. The van der Waals surface area contributed by atoms with Crippen LogP contribution in [-0.4, -0.2) is 57.8 Å². The van der Waals surface area contributed by atoms with Crippen molar-refractivity contribution in [3.63, 3.8) is 0 Å². The predicted molar refractivity (Wildman–Crippen MR) is 97.1 cm³/mol. The molecule has 2 atom stereocenters. The fourth-order valence-electron chi connectivity index (χ4n) is 3.38. The van der Waals surface area contributed by atoms with Gasteiger partial charge >= 0.3 is 5.97 Å². The van der Waals surface area contributed by atoms with E-state index in [4.69, 9.17) is 5.11 Å². The summed E-state index contributed by atoms with van der Waals surface area (Å²) >= 11 is 0. The van der Waals surface area contributed by atoms with E-state index >= 15 is 0 Å². The minimum Gasteiger partial charge on any atom is -0.480 e. The number of rotatable bonds is 6. The maximum atomic E-state index is 12.3. The van der Waals surface area contributed by atoms with E-state index in [1.165, 1.54) is 0 Å². The number of nitrogens with one attached hydrogen (secondary N) is 1. The quantitative estimate of drug-likeness (QED) is 0.815. The molecule has 1 fully saturated rings. The normalized spacial score (nSPS) is 20.7. The molecule has 7 nitrogen and oxygen atoms in total. The van der Waals surface area contributed by atoms with Crippen LogP contribution in [0.25, 0.3) is 5.69 Å². The number of likely N-dealkylation sites (N-methyl/N-ethyl adjacent to an activating group) is 1. The number of piperidine rings is 1. The molecule has 1 amide bonds. The second kappa shape index (κ2) is 8.14. The van der Waals surface area contributed by atoms with Crippen molar-refractivity contribution >= 4 is 11.9 Å². The minimum absolute atomic E-state index is 0.00819. The van der Waals surface area contributed by atoms with Gasteiger partial charge in [0.25, 0.3) is 0 Å². The van der Waals surface area contributed by atoms with E-state index in [2.05, 4.69) is 10.4 Å². The predicted octanol–water partition coefficient (Wildman–Crippen LogP) is 1.33. The average Bonchev–Trinajstić information content (AvgIpc) is 3.16. The van der Waals surface area contributed by atoms with Crippen molar-refractivity contribution in [2.45, 2.75) is 25.3 Å². The van der Waals surface area contributed by atoms with Crippen LogP contribution < -0.4 is 5.32 Å². The molecule has 7 heteroatoms. The van der Waals surface area contributed by atoms with Crippen LogP contribution >= 0.6 is 0 Å². The first kappa shape index (κ1) is 18.1. The average molecular weight is 356 g/mol. The third-order valence-corrected chi connectivity index (χ3v) is 4.90. The number of carbonyl (C=O) groups excluding carboxylic acids is 1. The van der Waals surface area contributed by atoms with Gasteiger partial charge in [0.05, 0.1) is 11.6 Å². The van der Waals surface area contributed by atoms with Gasteiger partial charge in [-0.2, -0.15) is 5.10 Å². The van der Waals surface area contributed by atoms with E-state index in [9.17, 15) is 9.59 Å². The Morgan fingerprint density at radius 3 is 2.65 bits per heavy atom. The zero-order chi connectivity index (χ0) is 18.5. The number of hydrogen-bond acceptors (Lipinski definition) is 4. The Balaban J connectivity index is 1.45. The number of nitrogens with zero attached hydrogens (tertiary/aromatic N) is 3. The second-order valence-electron chi connectivity index (χ2n) is 6.73. The van der Waals surface area contributed by atoms with E-state index < -0.39 is 12.0 Å². The molecular weight excluding hydrogens is 332 g/mol. The topological polar surface area (TPSA) is 87.5 Å². The van der Waals surface area contributed by atoms with Crippen molar-refractivity contribution < 1.29 is 14.7 Å². The number of likely N-dealkylation sites (tertiary alicyclic amines) is 1. The van der Waals surface area contributed by atoms with E-state index in [0.717, 1.165) is 17.7 Å². The summed E-state index contributed by atoms with van der Waals surface area (Å²) in [5.74, 6) is -0.948. The molecule has 0 aliphatic carbocycles. The van der Waals surface area contributed by atoms with Crippen LogP contribution in [0.15, 0.2) is 42.7 Å². The molecule has 0 spiro atoms. The molecular formula is C19H24N4O3. The van der Waals surface area contributed by atoms with Gasteiger partial charge in [-0.15, -0.1) is 0 Å². The number of carbonyl (C=O) groups is 2. The zero-order valence-corrected chi connectivity index (χ0v) is 14.8. The molecule has 1 aliphatic rings. The molecule has 2 N–H and O–H groups in total. The monoisotopic (exact) mass is 356 g/mol. The number of aromatic nitrogens is 2. The highest BCUT2D eigenvalue weighted by Crippen LogP contribution is 2.21. The molecule has 1 saturated heterocycles. The molecule has 1 aromatic heterocycles. The summed E-state index contributed by atoms with van der Waals surface area (Å²) in [6.45, 7) is 1.06. The van der Waals surface area contributed by atoms with Gasteiger partial charge in [-0.3, -0.25) is 14.5 Å². The fraction of sp³-hybridized carbons (Fsp3) is 0.421. The van der Waals surface area contributed by atoms with E-state index in [0.29, 0.717) is 25.9 Å². The summed E-state index contributed by atoms with van der Waals surface area (Å²) in [4.78, 5) is 25.2. The summed E-state index contributed by atoms with van der Waals surface area (Å²) in [7, 11) is 1.76. The van der Waals surface area contributed by atoms with Gasteiger partial charge in [-0.05, 0) is 50.1 Å². The zero-order valence-electron chi connectivity index (χ0n) is 14.8. The molecule has 138 valence electrons. The second-order valence-corrected chi connectivity index (χ2v) is 6.73. The number of carboxylic acids is 1. The standard InChI is InChI=1S/C19H24N4O3/c1-22-13-15(5-8-17(22)19(25)26)18(24)20-11-9-14-3-6-16(7-4-14)23-12-2-10-21-23/h2-4,6-7,10,12,15,17H,5,8-9,11,13H2,1H3,(H,20,24)(H,25,26). The lowest BCUT2D eigenvalue weighted by molar-refractivity contribution is -0.146. The first-order chi connectivity index (χ1) is 12.5. The molecule has 0 bridgehead atoms. The molecule has 1 aromatic carbocycles. The lowest BCUT2D eigenvalue weighted by Gasteiger charge is -2.34. The van der Waals surface area contributed by atoms with Crippen molar-refractivity contribution in [3.05, 3.63) is 48.3 Å². The van der Waals surface area contributed by atoms with Crippen LogP contribution in [0.1, 0.15) is 18.4 Å². The molecule has 2 unspecified atom stereocenters. The SMILES string of the molecule is CN1CC(C(=O)NCCc2ccc(-n3cccn3)cc2)CCC1C(=O)O. The lowest BCUT2D eigenvalue weighted by atomic mass is 9.92. The van der Waals surface area contributed by atoms with Gasteiger partial charge in [0, 0.05) is 25.5 Å². The number of carboxylic acid groups (broad SMARTS) is 1. The highest BCUT2D eigenvalue weighted by Gasteiger charge is 2.33. The fourth-order valence-corrected chi connectivity index (χ4v) is 3.38. The minimum atomic E-state index is -0.815. The Bertz CT molecular complexity index is 743. The van der Waals surface area contributed by atoms with Gasteiger partial charge in [0.15, 0.2) is 0 Å². The third-order valence-electron chi connectivity index (χ3n) is 4.90. The van der Waals surface area contributed by atoms with Crippen molar-refractivity contribution in [2.75, 3.05) is 20.1 Å². The first-order valence-corrected chi connectivity index (χ1v) is 8.84. The van der Waals surface area contributed by atoms with Crippen LogP contribution in [-0.2, 0) is 16.0 Å². The summed E-state index contributed by atoms with van der Waals surface area (Å²) < 4.78 is 1.80. The Morgan fingerprint density at radius 1 is 1.27 bits per heavy atom. The molecule has 3 rings (SSSR count). The lowest BCUT2D eigenvalue weighted by Crippen LogP contribution is -2.49. The van der Waals surface area contributed by atoms with Crippen molar-refractivity contribution in [1.82, 2.24) is 20.0 Å². The van der Waals surface area contributed by atoms with Crippen LogP contribution in [0.2, 0.25) is 0 Å². The summed E-state index contributed by atoms with van der Waals surface area (Å²) in [6.07, 6.45) is 5.52. The number of amides is 1. The van der Waals surface area contributed by atoms with Gasteiger partial charge < -0.3 is 10.4 Å². The number of aliphatic carboxylic acids is 1. The van der Waals surface area contributed by atoms with Gasteiger partial charge in [0.2, 0.25) is 5.91 Å². The van der Waals surface area contributed by atoms with Gasteiger partial charge in [0.1, 0.15) is 6.04 Å². The smallest absolute Gasteiger partial charge is 0.320 e. The first-order valence-electron chi connectivity index (χ1n) is 8.84. The molecule has 2 aromatic rings. The molecule has 0 saturated carbocycles. The van der Waals surface area contributed by atoms with E-state index in [1.807, 2.05) is 36.5 Å². The summed E-state index contributed by atoms with van der Waals surface area (Å²) in [5, 5.41) is 16.3. The Labute approximate surface area is 152 Å². The molecule has 0 radical (unpaired) electrons. The maximum absolute atomic E-state index is 12.3. The van der Waals surface area contributed by atoms with Crippen molar-refractivity contribution in [2.24, 2.45) is 5.92 Å². The highest BCUT2D eigenvalue weighted by atomic mass is 16.4. The molecule has 2 heterocycles. The number of hydrogen-bond donors (Lipinski definition) is 2. The van der Waals surface area contributed by atoms with Crippen molar-refractivity contribution in [1.29, 1.82) is 0 Å². The van der Waals surface area contributed by atoms with E-state index in [1.54, 1.807) is 22.8 Å². The Kier molecular flexibility index (Phi) is 5.68. The van der Waals surface area contributed by atoms with Crippen LogP contribution in [0.3, 0.4) is 0 Å². The van der Waals surface area contributed by atoms with Gasteiger partial charge in [-0.1, -0.05) is 12.1 Å². The molecule has 1 aliphatic heterocycles. The largest absolute Gasteiger partial charge is 0.480 e. The Hall–Kier alpha value is -2.67.